The minimum absolute atomic E-state index is 0.0439. The predicted molar refractivity (Wildman–Crippen MR) is 113 cm³/mol. The highest BCUT2D eigenvalue weighted by atomic mass is 32.2. The number of nitrogens with zero attached hydrogens (tertiary/aromatic N) is 1. The number of rotatable bonds is 9. The maximum atomic E-state index is 12.8. The smallest absolute Gasteiger partial charge is 0.243 e. The van der Waals surface area contributed by atoms with Crippen LogP contribution in [0.5, 0.6) is 0 Å². The van der Waals surface area contributed by atoms with Crippen LogP contribution in [0.2, 0.25) is 0 Å². The Labute approximate surface area is 170 Å². The third kappa shape index (κ3) is 5.06. The van der Waals surface area contributed by atoms with Crippen LogP contribution < -0.4 is 5.32 Å². The molecule has 1 heterocycles. The second kappa shape index (κ2) is 9.45. The first kappa shape index (κ1) is 22.3. The fourth-order valence-corrected chi connectivity index (χ4v) is 5.08. The number of anilines is 1. The minimum Gasteiger partial charge on any atom is -0.326 e. The molecule has 0 aliphatic heterocycles. The number of hydrogen-bond acceptors (Lipinski definition) is 5. The van der Waals surface area contributed by atoms with Gasteiger partial charge in [0, 0.05) is 31.6 Å². The summed E-state index contributed by atoms with van der Waals surface area (Å²) in [6.07, 6.45) is 0.157. The topological polar surface area (TPSA) is 83.6 Å². The van der Waals surface area contributed by atoms with E-state index in [0.29, 0.717) is 23.7 Å². The lowest BCUT2D eigenvalue weighted by Crippen LogP contribution is -2.30. The molecule has 2 rings (SSSR count). The summed E-state index contributed by atoms with van der Waals surface area (Å²) in [7, 11) is -3.62. The summed E-state index contributed by atoms with van der Waals surface area (Å²) in [5, 5.41) is 4.59. The molecule has 8 heteroatoms. The van der Waals surface area contributed by atoms with E-state index < -0.39 is 10.0 Å². The first-order valence-corrected chi connectivity index (χ1v) is 11.5. The van der Waals surface area contributed by atoms with E-state index in [1.54, 1.807) is 32.0 Å². The highest BCUT2D eigenvalue weighted by Crippen LogP contribution is 2.26. The third-order valence-electron chi connectivity index (χ3n) is 4.63. The Balaban J connectivity index is 2.18. The molecule has 6 nitrogen and oxygen atoms in total. The molecule has 1 aromatic carbocycles. The zero-order valence-electron chi connectivity index (χ0n) is 16.6. The monoisotopic (exact) mass is 422 g/mol. The van der Waals surface area contributed by atoms with Crippen LogP contribution >= 0.6 is 11.3 Å². The predicted octanol–water partition coefficient (Wildman–Crippen LogP) is 4.00. The van der Waals surface area contributed by atoms with Crippen molar-refractivity contribution in [3.63, 3.8) is 0 Å². The van der Waals surface area contributed by atoms with Gasteiger partial charge in [-0.25, -0.2) is 8.42 Å². The van der Waals surface area contributed by atoms with Gasteiger partial charge < -0.3 is 5.32 Å². The van der Waals surface area contributed by atoms with Crippen LogP contribution in [-0.4, -0.2) is 37.5 Å². The molecule has 0 saturated heterocycles. The Morgan fingerprint density at radius 3 is 2.36 bits per heavy atom. The van der Waals surface area contributed by atoms with E-state index in [1.165, 1.54) is 21.7 Å². The maximum Gasteiger partial charge on any atom is 0.243 e. The van der Waals surface area contributed by atoms with Crippen molar-refractivity contribution < 1.29 is 18.0 Å². The van der Waals surface area contributed by atoms with Gasteiger partial charge in [0.2, 0.25) is 15.9 Å². The Kier molecular flexibility index (Phi) is 7.51. The van der Waals surface area contributed by atoms with Gasteiger partial charge in [0.25, 0.3) is 0 Å². The van der Waals surface area contributed by atoms with Crippen molar-refractivity contribution in [1.29, 1.82) is 0 Å². The summed E-state index contributed by atoms with van der Waals surface area (Å²) in [6.45, 7) is 7.96. The van der Waals surface area contributed by atoms with Crippen molar-refractivity contribution in [3.8, 4) is 0 Å². The van der Waals surface area contributed by atoms with Crippen molar-refractivity contribution in [2.45, 2.75) is 45.4 Å². The van der Waals surface area contributed by atoms with Gasteiger partial charge in [-0.05, 0) is 48.6 Å². The molecule has 0 saturated carbocycles. The molecule has 0 radical (unpaired) electrons. The summed E-state index contributed by atoms with van der Waals surface area (Å²) in [4.78, 5) is 25.2. The number of hydrogen-bond donors (Lipinski definition) is 1. The number of carbonyl (C=O) groups is 2. The van der Waals surface area contributed by atoms with E-state index in [-0.39, 0.29) is 29.4 Å². The van der Waals surface area contributed by atoms with Gasteiger partial charge in [-0.2, -0.15) is 4.31 Å². The molecule has 0 bridgehead atoms. The second-order valence-electron chi connectivity index (χ2n) is 6.45. The molecule has 28 heavy (non-hydrogen) atoms. The largest absolute Gasteiger partial charge is 0.326 e. The molecule has 0 unspecified atom stereocenters. The molecule has 0 atom stereocenters. The van der Waals surface area contributed by atoms with Crippen LogP contribution in [0.1, 0.15) is 47.5 Å². The van der Waals surface area contributed by atoms with Crippen LogP contribution in [0.25, 0.3) is 0 Å². The summed E-state index contributed by atoms with van der Waals surface area (Å²) in [6, 6.07) is 6.65. The highest BCUT2D eigenvalue weighted by Gasteiger charge is 2.23. The van der Waals surface area contributed by atoms with Gasteiger partial charge >= 0.3 is 0 Å². The lowest BCUT2D eigenvalue weighted by atomic mass is 10.1. The number of benzene rings is 1. The molecule has 1 aromatic heterocycles. The fourth-order valence-electron chi connectivity index (χ4n) is 2.82. The number of carbonyl (C=O) groups excluding carboxylic acids is 2. The lowest BCUT2D eigenvalue weighted by molar-refractivity contribution is -0.116. The van der Waals surface area contributed by atoms with Crippen molar-refractivity contribution in [2.75, 3.05) is 18.4 Å². The van der Waals surface area contributed by atoms with E-state index in [0.717, 1.165) is 11.1 Å². The van der Waals surface area contributed by atoms with Crippen LogP contribution in [0, 0.1) is 13.8 Å². The van der Waals surface area contributed by atoms with Crippen molar-refractivity contribution in [2.24, 2.45) is 0 Å². The first-order chi connectivity index (χ1) is 13.2. The average molecular weight is 423 g/mol. The number of sulfonamides is 1. The van der Waals surface area contributed by atoms with Crippen molar-refractivity contribution in [1.82, 2.24) is 4.31 Å². The second-order valence-corrected chi connectivity index (χ2v) is 9.34. The molecule has 1 N–H and O–H groups in total. The number of amides is 1. The quantitative estimate of drug-likeness (QED) is 0.619. The minimum atomic E-state index is -3.62. The SMILES string of the molecule is CCN(CC)S(=O)(=O)c1cc(C)c(C)c(NC(=O)CCC(=O)c2cccs2)c1. The van der Waals surface area contributed by atoms with Gasteiger partial charge in [-0.1, -0.05) is 19.9 Å². The summed E-state index contributed by atoms with van der Waals surface area (Å²) < 4.78 is 27.0. The zero-order chi connectivity index (χ0) is 20.9. The first-order valence-electron chi connectivity index (χ1n) is 9.18. The van der Waals surface area contributed by atoms with Gasteiger partial charge in [-0.15, -0.1) is 11.3 Å². The average Bonchev–Trinajstić information content (AvgIpc) is 3.18. The Morgan fingerprint density at radius 2 is 1.79 bits per heavy atom. The molecule has 152 valence electrons. The molecule has 0 aliphatic carbocycles. The fraction of sp³-hybridized carbons (Fsp3) is 0.400. The van der Waals surface area contributed by atoms with E-state index in [9.17, 15) is 18.0 Å². The number of nitrogens with one attached hydrogen (secondary N) is 1. The summed E-state index contributed by atoms with van der Waals surface area (Å²) >= 11 is 1.35. The number of thiophene rings is 1. The molecule has 0 aliphatic rings. The van der Waals surface area contributed by atoms with Crippen LogP contribution in [0.4, 0.5) is 5.69 Å². The van der Waals surface area contributed by atoms with Crippen LogP contribution in [0.3, 0.4) is 0 Å². The van der Waals surface area contributed by atoms with Gasteiger partial charge in [0.05, 0.1) is 9.77 Å². The molecular formula is C20H26N2O4S2. The van der Waals surface area contributed by atoms with Gasteiger partial charge in [0.1, 0.15) is 0 Å². The molecular weight excluding hydrogens is 396 g/mol. The molecule has 1 amide bonds. The molecule has 0 fully saturated rings. The zero-order valence-corrected chi connectivity index (χ0v) is 18.2. The number of aryl methyl sites for hydroxylation is 1. The van der Waals surface area contributed by atoms with E-state index in [1.807, 2.05) is 19.2 Å². The van der Waals surface area contributed by atoms with Gasteiger partial charge in [0.15, 0.2) is 5.78 Å². The van der Waals surface area contributed by atoms with Crippen molar-refractivity contribution in [3.05, 3.63) is 45.6 Å². The van der Waals surface area contributed by atoms with Crippen molar-refractivity contribution >= 4 is 38.7 Å². The Bertz CT molecular complexity index is 947. The summed E-state index contributed by atoms with van der Waals surface area (Å²) in [5.41, 5.74) is 2.04. The molecule has 2 aromatic rings. The standard InChI is InChI=1S/C20H26N2O4S2/c1-5-22(6-2)28(25,26)16-12-14(3)15(4)17(13-16)21-20(24)10-9-18(23)19-8-7-11-27-19/h7-8,11-13H,5-6,9-10H2,1-4H3,(H,21,24). The summed E-state index contributed by atoms with van der Waals surface area (Å²) in [5.74, 6) is -0.388. The molecule has 0 spiro atoms. The van der Waals surface area contributed by atoms with Crippen LogP contribution in [0.15, 0.2) is 34.5 Å². The number of ketones is 1. The van der Waals surface area contributed by atoms with Crippen LogP contribution in [-0.2, 0) is 14.8 Å². The van der Waals surface area contributed by atoms with Gasteiger partial charge in [-0.3, -0.25) is 9.59 Å². The third-order valence-corrected chi connectivity index (χ3v) is 7.57. The van der Waals surface area contributed by atoms with E-state index in [4.69, 9.17) is 0 Å². The maximum absolute atomic E-state index is 12.8. The number of Topliss-reactive ketones (excluding diaryl/α,β-unsaturated/α-hetero) is 1. The highest BCUT2D eigenvalue weighted by molar-refractivity contribution is 7.89. The lowest BCUT2D eigenvalue weighted by Gasteiger charge is -2.20. The Morgan fingerprint density at radius 1 is 1.11 bits per heavy atom. The van der Waals surface area contributed by atoms with E-state index >= 15 is 0 Å². The van der Waals surface area contributed by atoms with E-state index in [2.05, 4.69) is 5.32 Å². The Hall–Kier alpha value is -2.03. The normalized spacial score (nSPS) is 11.6.